The van der Waals surface area contributed by atoms with Crippen molar-refractivity contribution in [2.45, 2.75) is 97.2 Å². The Hall–Kier alpha value is -1.50. The second-order valence-corrected chi connectivity index (χ2v) is 15.1. The van der Waals surface area contributed by atoms with E-state index in [9.17, 15) is 9.59 Å². The summed E-state index contributed by atoms with van der Waals surface area (Å²) in [5.74, 6) is -0.644. The molecule has 0 N–H and O–H groups in total. The van der Waals surface area contributed by atoms with Crippen molar-refractivity contribution >= 4 is 20.1 Å². The van der Waals surface area contributed by atoms with E-state index in [0.29, 0.717) is 19.6 Å². The largest absolute Gasteiger partial charge is 0.460 e. The highest BCUT2D eigenvalue weighted by Gasteiger charge is 2.39. The monoisotopic (exact) mass is 436 g/mol. The molecule has 0 saturated heterocycles. The van der Waals surface area contributed by atoms with Crippen molar-refractivity contribution in [3.05, 3.63) is 35.9 Å². The van der Waals surface area contributed by atoms with Crippen molar-refractivity contribution in [2.75, 3.05) is 6.61 Å². The fraction of sp³-hybridized carbons (Fsp3) is 0.667. The van der Waals surface area contributed by atoms with Crippen LogP contribution in [0.2, 0.25) is 18.1 Å². The molecule has 1 aromatic rings. The molecule has 0 amide bonds. The third-order valence-corrected chi connectivity index (χ3v) is 9.72. The Bertz CT molecular complexity index is 671. The van der Waals surface area contributed by atoms with Gasteiger partial charge in [-0.25, -0.2) is 0 Å². The van der Waals surface area contributed by atoms with Gasteiger partial charge in [0.05, 0.1) is 12.7 Å². The number of hydrogen-bond acceptors (Lipinski definition) is 5. The highest BCUT2D eigenvalue weighted by Crippen LogP contribution is 2.38. The van der Waals surface area contributed by atoms with Crippen molar-refractivity contribution in [1.82, 2.24) is 0 Å². The lowest BCUT2D eigenvalue weighted by molar-refractivity contribution is -0.156. The fourth-order valence-corrected chi connectivity index (χ4v) is 4.03. The Morgan fingerprint density at radius 1 is 1.00 bits per heavy atom. The zero-order chi connectivity index (χ0) is 23.0. The van der Waals surface area contributed by atoms with Crippen LogP contribution in [0.1, 0.15) is 66.4 Å². The van der Waals surface area contributed by atoms with E-state index in [0.717, 1.165) is 5.56 Å². The Kier molecular flexibility index (Phi) is 9.91. The molecule has 170 valence electrons. The molecule has 0 aliphatic carbocycles. The standard InChI is InChI=1S/C24H40O5Si/c1-23(2,3)28-22(26)17-20(25)16-21(29-30(7,8)24(4,5)6)14-15-27-18-19-12-10-9-11-13-19/h9-13,21H,14-18H2,1-8H3/t21-/m1/s1. The molecular weight excluding hydrogens is 396 g/mol. The molecular formula is C24H40O5Si. The summed E-state index contributed by atoms with van der Waals surface area (Å²) in [6.07, 6.45) is 0.316. The summed E-state index contributed by atoms with van der Waals surface area (Å²) in [5.41, 5.74) is 0.514. The van der Waals surface area contributed by atoms with Gasteiger partial charge in [0.1, 0.15) is 17.8 Å². The smallest absolute Gasteiger partial charge is 0.313 e. The minimum absolute atomic E-state index is 0.0321. The van der Waals surface area contributed by atoms with Gasteiger partial charge >= 0.3 is 5.97 Å². The average molecular weight is 437 g/mol. The normalized spacial score (nSPS) is 13.7. The first-order valence-corrected chi connectivity index (χ1v) is 13.6. The molecule has 0 saturated carbocycles. The molecule has 0 heterocycles. The maximum atomic E-state index is 12.5. The number of carbonyl (C=O) groups excluding carboxylic acids is 2. The number of ketones is 1. The number of esters is 1. The van der Waals surface area contributed by atoms with E-state index in [1.54, 1.807) is 20.8 Å². The zero-order valence-corrected chi connectivity index (χ0v) is 21.0. The average Bonchev–Trinajstić information content (AvgIpc) is 2.56. The molecule has 0 aliphatic heterocycles. The van der Waals surface area contributed by atoms with E-state index in [2.05, 4.69) is 33.9 Å². The lowest BCUT2D eigenvalue weighted by atomic mass is 10.1. The van der Waals surface area contributed by atoms with Gasteiger partial charge in [0, 0.05) is 13.0 Å². The van der Waals surface area contributed by atoms with E-state index >= 15 is 0 Å². The second kappa shape index (κ2) is 11.2. The van der Waals surface area contributed by atoms with Gasteiger partial charge in [0.25, 0.3) is 0 Å². The highest BCUT2D eigenvalue weighted by atomic mass is 28.4. The minimum atomic E-state index is -2.06. The molecule has 0 spiro atoms. The summed E-state index contributed by atoms with van der Waals surface area (Å²) in [7, 11) is -2.06. The maximum Gasteiger partial charge on any atom is 0.313 e. The predicted molar refractivity (Wildman–Crippen MR) is 123 cm³/mol. The third kappa shape index (κ3) is 10.5. The first-order chi connectivity index (χ1) is 13.7. The van der Waals surface area contributed by atoms with Gasteiger partial charge in [0.15, 0.2) is 8.32 Å². The van der Waals surface area contributed by atoms with Gasteiger partial charge < -0.3 is 13.9 Å². The van der Waals surface area contributed by atoms with Gasteiger partial charge in [-0.2, -0.15) is 0 Å². The summed E-state index contributed by atoms with van der Waals surface area (Å²) in [6.45, 7) is 17.3. The minimum Gasteiger partial charge on any atom is -0.460 e. The molecule has 1 aromatic carbocycles. The molecule has 0 aliphatic rings. The molecule has 6 heteroatoms. The van der Waals surface area contributed by atoms with Crippen LogP contribution in [0.4, 0.5) is 0 Å². The first-order valence-electron chi connectivity index (χ1n) is 10.7. The zero-order valence-electron chi connectivity index (χ0n) is 20.0. The van der Waals surface area contributed by atoms with Crippen LogP contribution < -0.4 is 0 Å². The van der Waals surface area contributed by atoms with Gasteiger partial charge in [0.2, 0.25) is 0 Å². The summed E-state index contributed by atoms with van der Waals surface area (Å²) < 4.78 is 17.6. The van der Waals surface area contributed by atoms with Gasteiger partial charge in [-0.05, 0) is 50.9 Å². The van der Waals surface area contributed by atoms with Gasteiger partial charge in [-0.3, -0.25) is 9.59 Å². The highest BCUT2D eigenvalue weighted by molar-refractivity contribution is 6.74. The quantitative estimate of drug-likeness (QED) is 0.193. The Morgan fingerprint density at radius 3 is 2.13 bits per heavy atom. The van der Waals surface area contributed by atoms with Crippen LogP contribution in [0, 0.1) is 0 Å². The summed E-state index contributed by atoms with van der Waals surface area (Å²) >= 11 is 0. The summed E-state index contributed by atoms with van der Waals surface area (Å²) in [5, 5.41) is 0.0321. The number of carbonyl (C=O) groups is 2. The number of rotatable bonds is 11. The summed E-state index contributed by atoms with van der Waals surface area (Å²) in [4.78, 5) is 24.5. The molecule has 5 nitrogen and oxygen atoms in total. The molecule has 1 atom stereocenters. The molecule has 1 rings (SSSR count). The van der Waals surface area contributed by atoms with E-state index in [4.69, 9.17) is 13.9 Å². The lowest BCUT2D eigenvalue weighted by Crippen LogP contribution is -2.44. The molecule has 0 fully saturated rings. The Morgan fingerprint density at radius 2 is 1.60 bits per heavy atom. The van der Waals surface area contributed by atoms with Crippen molar-refractivity contribution in [3.8, 4) is 0 Å². The van der Waals surface area contributed by atoms with E-state index in [-0.39, 0.29) is 29.8 Å². The molecule has 0 unspecified atom stereocenters. The molecule has 0 radical (unpaired) electrons. The number of benzene rings is 1. The van der Waals surface area contributed by atoms with Crippen molar-refractivity contribution < 1.29 is 23.5 Å². The Labute approximate surface area is 183 Å². The number of Topliss-reactive ketones (excluding diaryl/α,β-unsaturated/α-hetero) is 1. The topological polar surface area (TPSA) is 61.8 Å². The third-order valence-electron chi connectivity index (χ3n) is 5.18. The number of ether oxygens (including phenoxy) is 2. The number of hydrogen-bond donors (Lipinski definition) is 0. The van der Waals surface area contributed by atoms with Crippen molar-refractivity contribution in [3.63, 3.8) is 0 Å². The van der Waals surface area contributed by atoms with Crippen LogP contribution in [0.15, 0.2) is 30.3 Å². The maximum absolute atomic E-state index is 12.5. The van der Waals surface area contributed by atoms with Crippen LogP contribution in [-0.4, -0.2) is 38.4 Å². The molecule has 0 aromatic heterocycles. The van der Waals surface area contributed by atoms with Crippen LogP contribution in [-0.2, 0) is 30.1 Å². The second-order valence-electron chi connectivity index (χ2n) is 10.3. The molecule has 0 bridgehead atoms. The molecule has 30 heavy (non-hydrogen) atoms. The Balaban J connectivity index is 2.67. The predicted octanol–water partition coefficient (Wildman–Crippen LogP) is 5.67. The fourth-order valence-electron chi connectivity index (χ4n) is 2.64. The van der Waals surface area contributed by atoms with Crippen LogP contribution in [0.5, 0.6) is 0 Å². The van der Waals surface area contributed by atoms with Crippen LogP contribution in [0.3, 0.4) is 0 Å². The lowest BCUT2D eigenvalue weighted by Gasteiger charge is -2.39. The van der Waals surface area contributed by atoms with Crippen molar-refractivity contribution in [1.29, 1.82) is 0 Å². The van der Waals surface area contributed by atoms with Gasteiger partial charge in [-0.1, -0.05) is 51.1 Å². The van der Waals surface area contributed by atoms with E-state index in [1.165, 1.54) is 0 Å². The first kappa shape index (κ1) is 26.5. The van der Waals surface area contributed by atoms with Crippen LogP contribution in [0.25, 0.3) is 0 Å². The SMILES string of the molecule is CC(C)(C)OC(=O)CC(=O)C[C@@H](CCOCc1ccccc1)O[Si](C)(C)C(C)(C)C. The van der Waals surface area contributed by atoms with Gasteiger partial charge in [-0.15, -0.1) is 0 Å². The van der Waals surface area contributed by atoms with E-state index < -0.39 is 19.9 Å². The van der Waals surface area contributed by atoms with Crippen LogP contribution >= 0.6 is 0 Å². The van der Waals surface area contributed by atoms with Crippen molar-refractivity contribution in [2.24, 2.45) is 0 Å². The summed E-state index contributed by atoms with van der Waals surface area (Å²) in [6, 6.07) is 9.99. The van der Waals surface area contributed by atoms with E-state index in [1.807, 2.05) is 30.3 Å².